The van der Waals surface area contributed by atoms with Crippen LogP contribution in [0.4, 0.5) is 5.69 Å². The minimum absolute atomic E-state index is 0.0108. The highest BCUT2D eigenvalue weighted by Gasteiger charge is 2.18. The van der Waals surface area contributed by atoms with Gasteiger partial charge in [-0.15, -0.1) is 0 Å². The van der Waals surface area contributed by atoms with E-state index in [1.807, 2.05) is 0 Å². The Bertz CT molecular complexity index is 583. The van der Waals surface area contributed by atoms with Crippen molar-refractivity contribution in [2.75, 3.05) is 17.1 Å². The monoisotopic (exact) mass is 288 g/mol. The number of nitrogens with one attached hydrogen (secondary N) is 1. The van der Waals surface area contributed by atoms with Crippen LogP contribution < -0.4 is 4.72 Å². The fourth-order valence-corrected chi connectivity index (χ4v) is 2.14. The molecular formula is C10H12N2O6S. The minimum Gasteiger partial charge on any atom is -0.477 e. The van der Waals surface area contributed by atoms with E-state index in [-0.39, 0.29) is 18.0 Å². The van der Waals surface area contributed by atoms with Gasteiger partial charge in [0.2, 0.25) is 10.0 Å². The van der Waals surface area contributed by atoms with Crippen LogP contribution >= 0.6 is 0 Å². The summed E-state index contributed by atoms with van der Waals surface area (Å²) in [5.74, 6) is -3.01. The maximum Gasteiger partial charge on any atom is 0.354 e. The Labute approximate surface area is 109 Å². The maximum absolute atomic E-state index is 11.6. The topological polar surface area (TPSA) is 123 Å². The maximum atomic E-state index is 11.6. The number of anilines is 1. The average Bonchev–Trinajstić information content (AvgIpc) is 2.27. The zero-order chi connectivity index (χ0) is 14.5. The summed E-state index contributed by atoms with van der Waals surface area (Å²) in [5.41, 5.74) is -0.298. The van der Waals surface area contributed by atoms with Crippen molar-refractivity contribution >= 4 is 27.6 Å². The molecule has 8 nitrogen and oxygen atoms in total. The summed E-state index contributed by atoms with van der Waals surface area (Å²) in [7, 11) is -3.94. The van der Waals surface area contributed by atoms with E-state index < -0.39 is 27.7 Å². The van der Waals surface area contributed by atoms with Gasteiger partial charge in [0, 0.05) is 6.20 Å². The van der Waals surface area contributed by atoms with Crippen LogP contribution in [-0.4, -0.2) is 42.8 Å². The third kappa shape index (κ3) is 4.92. The van der Waals surface area contributed by atoms with Gasteiger partial charge in [-0.1, -0.05) is 0 Å². The molecule has 0 aromatic carbocycles. The summed E-state index contributed by atoms with van der Waals surface area (Å²) in [6, 6.07) is 2.32. The molecule has 0 fully saturated rings. The van der Waals surface area contributed by atoms with E-state index in [1.165, 1.54) is 6.07 Å². The van der Waals surface area contributed by atoms with Crippen LogP contribution in [0.25, 0.3) is 0 Å². The van der Waals surface area contributed by atoms with Crippen LogP contribution in [0, 0.1) is 0 Å². The highest BCUT2D eigenvalue weighted by atomic mass is 32.2. The smallest absolute Gasteiger partial charge is 0.354 e. The standard InChI is InChI=1S/C10H12N2O6S/c1-2-18-9(13)6-19(16,17)12-7-3-4-11-8(5-7)10(14)15/h3-5H,2,6H2,1H3,(H,11,12)(H,14,15). The van der Waals surface area contributed by atoms with Crippen molar-refractivity contribution in [2.24, 2.45) is 0 Å². The van der Waals surface area contributed by atoms with Crippen LogP contribution in [-0.2, 0) is 19.6 Å². The number of sulfonamides is 1. The van der Waals surface area contributed by atoms with Crippen LogP contribution in [0.15, 0.2) is 18.3 Å². The second-order valence-electron chi connectivity index (χ2n) is 3.40. The predicted octanol–water partition coefficient (Wildman–Crippen LogP) is 0.0846. The van der Waals surface area contributed by atoms with Crippen LogP contribution in [0.1, 0.15) is 17.4 Å². The van der Waals surface area contributed by atoms with Gasteiger partial charge >= 0.3 is 11.9 Å². The number of carbonyl (C=O) groups is 2. The summed E-state index contributed by atoms with van der Waals surface area (Å²) in [6.07, 6.45) is 1.14. The Balaban J connectivity index is 2.81. The van der Waals surface area contributed by atoms with E-state index in [4.69, 9.17) is 5.11 Å². The van der Waals surface area contributed by atoms with Gasteiger partial charge in [-0.3, -0.25) is 9.52 Å². The molecule has 0 aliphatic carbocycles. The first-order valence-corrected chi connectivity index (χ1v) is 6.84. The number of esters is 1. The highest BCUT2D eigenvalue weighted by molar-refractivity contribution is 7.93. The Morgan fingerprint density at radius 2 is 2.16 bits per heavy atom. The van der Waals surface area contributed by atoms with E-state index in [0.717, 1.165) is 12.3 Å². The van der Waals surface area contributed by atoms with Crippen molar-refractivity contribution < 1.29 is 27.9 Å². The molecule has 19 heavy (non-hydrogen) atoms. The number of pyridine rings is 1. The molecule has 0 spiro atoms. The fourth-order valence-electron chi connectivity index (χ4n) is 1.18. The molecule has 1 heterocycles. The molecular weight excluding hydrogens is 276 g/mol. The molecule has 0 bridgehead atoms. The van der Waals surface area contributed by atoms with Crippen molar-refractivity contribution in [3.63, 3.8) is 0 Å². The highest BCUT2D eigenvalue weighted by Crippen LogP contribution is 2.10. The molecule has 0 aliphatic heterocycles. The summed E-state index contributed by atoms with van der Waals surface area (Å²) in [6.45, 7) is 1.63. The summed E-state index contributed by atoms with van der Waals surface area (Å²) in [4.78, 5) is 25.3. The molecule has 0 amide bonds. The molecule has 1 aromatic heterocycles. The van der Waals surface area contributed by atoms with E-state index >= 15 is 0 Å². The molecule has 0 saturated heterocycles. The van der Waals surface area contributed by atoms with Crippen LogP contribution in [0.5, 0.6) is 0 Å². The lowest BCUT2D eigenvalue weighted by molar-refractivity contribution is -0.139. The lowest BCUT2D eigenvalue weighted by atomic mass is 10.3. The molecule has 0 atom stereocenters. The second-order valence-corrected chi connectivity index (χ2v) is 5.12. The summed E-state index contributed by atoms with van der Waals surface area (Å²) < 4.78 is 29.8. The number of aromatic carboxylic acids is 1. The SMILES string of the molecule is CCOC(=O)CS(=O)(=O)Nc1ccnc(C(=O)O)c1. The molecule has 9 heteroatoms. The average molecular weight is 288 g/mol. The van der Waals surface area contributed by atoms with E-state index in [2.05, 4.69) is 14.4 Å². The number of ether oxygens (including phenoxy) is 1. The number of hydrogen-bond donors (Lipinski definition) is 2. The van der Waals surface area contributed by atoms with Crippen molar-refractivity contribution in [1.29, 1.82) is 0 Å². The first-order chi connectivity index (χ1) is 8.84. The predicted molar refractivity (Wildman–Crippen MR) is 65.2 cm³/mol. The second kappa shape index (κ2) is 6.14. The van der Waals surface area contributed by atoms with Gasteiger partial charge in [0.05, 0.1) is 12.3 Å². The third-order valence-corrected chi connectivity index (χ3v) is 3.03. The molecule has 2 N–H and O–H groups in total. The number of hydrogen-bond acceptors (Lipinski definition) is 6. The normalized spacial score (nSPS) is 10.8. The van der Waals surface area contributed by atoms with E-state index in [9.17, 15) is 18.0 Å². The van der Waals surface area contributed by atoms with Crippen molar-refractivity contribution in [3.8, 4) is 0 Å². The molecule has 0 saturated carbocycles. The lowest BCUT2D eigenvalue weighted by Crippen LogP contribution is -2.24. The Morgan fingerprint density at radius 3 is 2.74 bits per heavy atom. The van der Waals surface area contributed by atoms with Gasteiger partial charge in [0.15, 0.2) is 5.75 Å². The van der Waals surface area contributed by atoms with Gasteiger partial charge in [-0.05, 0) is 19.1 Å². The van der Waals surface area contributed by atoms with Gasteiger partial charge < -0.3 is 9.84 Å². The van der Waals surface area contributed by atoms with Crippen LogP contribution in [0.2, 0.25) is 0 Å². The first-order valence-electron chi connectivity index (χ1n) is 5.19. The summed E-state index contributed by atoms with van der Waals surface area (Å²) in [5, 5.41) is 8.71. The molecule has 0 radical (unpaired) electrons. The van der Waals surface area contributed by atoms with E-state index in [1.54, 1.807) is 6.92 Å². The number of aromatic nitrogens is 1. The first kappa shape index (κ1) is 14.9. The lowest BCUT2D eigenvalue weighted by Gasteiger charge is -2.07. The number of carboxylic acids is 1. The van der Waals surface area contributed by atoms with E-state index in [0.29, 0.717) is 0 Å². The zero-order valence-corrected chi connectivity index (χ0v) is 10.8. The minimum atomic E-state index is -3.94. The Hall–Kier alpha value is -2.16. The number of nitrogens with zero attached hydrogens (tertiary/aromatic N) is 1. The fraction of sp³-hybridized carbons (Fsp3) is 0.300. The number of carbonyl (C=O) groups excluding carboxylic acids is 1. The molecule has 0 aliphatic rings. The molecule has 1 rings (SSSR count). The van der Waals surface area contributed by atoms with Crippen LogP contribution in [0.3, 0.4) is 0 Å². The van der Waals surface area contributed by atoms with Gasteiger partial charge in [-0.25, -0.2) is 18.2 Å². The van der Waals surface area contributed by atoms with Crippen molar-refractivity contribution in [3.05, 3.63) is 24.0 Å². The Kier molecular flexibility index (Phi) is 4.81. The molecule has 1 aromatic rings. The number of carboxylic acid groups (broad SMARTS) is 1. The van der Waals surface area contributed by atoms with Crippen molar-refractivity contribution in [1.82, 2.24) is 4.98 Å². The Morgan fingerprint density at radius 1 is 1.47 bits per heavy atom. The summed E-state index contributed by atoms with van der Waals surface area (Å²) >= 11 is 0. The van der Waals surface area contributed by atoms with Gasteiger partial charge in [0.25, 0.3) is 0 Å². The molecule has 0 unspecified atom stereocenters. The molecule has 104 valence electrons. The van der Waals surface area contributed by atoms with Gasteiger partial charge in [-0.2, -0.15) is 0 Å². The zero-order valence-electron chi connectivity index (χ0n) is 9.99. The van der Waals surface area contributed by atoms with Gasteiger partial charge in [0.1, 0.15) is 5.69 Å². The largest absolute Gasteiger partial charge is 0.477 e. The quantitative estimate of drug-likeness (QED) is 0.711. The number of rotatable bonds is 6. The van der Waals surface area contributed by atoms with Crippen molar-refractivity contribution in [2.45, 2.75) is 6.92 Å². The third-order valence-electron chi connectivity index (χ3n) is 1.87.